The van der Waals surface area contributed by atoms with Gasteiger partial charge in [0.2, 0.25) is 0 Å². The van der Waals surface area contributed by atoms with Gasteiger partial charge in [0.15, 0.2) is 23.0 Å². The standard InChI is InChI=1S/C85H100N6O7/c92-71-28-20-52(40-74(71)95)19-24-61-62-14-7-15-72(93)76(62)78(97)77(96)63(61)25-18-51-16-21-54(22-17-51)68-44-81(66-43-59-13-9-33-83(59)37-36-82-32-8-12-58(82)23-29-73(94)79(82)85(83,80(66)91-68)75-49-87-50-89-75)45-69-57(41-64(70(46-81)90-69)53-10-3-1-4-11-53)47-86-38-30-56-48-88-67-42-55-31-39-98-84(34-5-2-6-35-84)65(55)27-26-60(56)67/h1,3-4,7,10-11,14-17,19-24,28-29,40-41,48-50,55,58-59,64-66,68-70,73,79-80,86,88,90-97H,2,5-6,8-9,12-13,18,25-27,30-39,42-47H2,(H,87,89). The van der Waals surface area contributed by atoms with Crippen LogP contribution in [-0.4, -0.2) is 95.1 Å². The Morgan fingerprint density at radius 1 is 0.694 bits per heavy atom. The number of aromatic nitrogens is 3. The SMILES string of the molecule is Oc1ccc(C=Cc2c(CCc3ccc(C4CC5(CC6NC(C5)C(c5ccccc5)C=C6CNCCc5c[nH]c6c5CCC5C(CCOC57CCCCC7)C6)C5CC6CCCC67CCC68CCCC6C=CC(O)C8C7(c6cnc[nH]6)C5N4)cc3)c(O)c(O)c3c(O)cccc23)cc1O. The number of rotatable bonds is 13. The normalized spacial score (nSPS) is 35.1. The molecule has 13 nitrogen and oxygen atoms in total. The van der Waals surface area contributed by atoms with Crippen LogP contribution in [0.5, 0.6) is 28.7 Å². The molecular formula is C85H100N6O7. The Balaban J connectivity index is 0.693. The molecule has 98 heavy (non-hydrogen) atoms. The monoisotopic (exact) mass is 1320 g/mol. The highest BCUT2D eigenvalue weighted by molar-refractivity contribution is 6.03. The molecule has 7 aromatic rings. The van der Waals surface area contributed by atoms with E-state index in [4.69, 9.17) is 15.0 Å². The molecule has 11 aliphatic rings. The van der Waals surface area contributed by atoms with E-state index in [0.717, 1.165) is 70.2 Å². The summed E-state index contributed by atoms with van der Waals surface area (Å²) in [4.78, 5) is 12.8. The number of aryl methyl sites for hydroxylation is 1. The number of aromatic hydroxyl groups is 5. The fourth-order valence-electron chi connectivity index (χ4n) is 25.0. The molecule has 4 aliphatic heterocycles. The highest BCUT2D eigenvalue weighted by atomic mass is 16.5. The molecule has 5 aromatic carbocycles. The van der Waals surface area contributed by atoms with Crippen molar-refractivity contribution in [3.05, 3.63) is 189 Å². The van der Waals surface area contributed by atoms with Gasteiger partial charge in [0.05, 0.1) is 23.4 Å². The third-order valence-corrected chi connectivity index (χ3v) is 28.9. The van der Waals surface area contributed by atoms with E-state index in [2.05, 4.69) is 106 Å². The summed E-state index contributed by atoms with van der Waals surface area (Å²) in [6.07, 6.45) is 44.0. The number of aliphatic hydroxyl groups is 1. The molecule has 0 radical (unpaired) electrons. The molecule has 18 rings (SSSR count). The number of allylic oxidation sites excluding steroid dienone is 1. The first-order valence-corrected chi connectivity index (χ1v) is 38.0. The number of fused-ring (bicyclic) bond motifs is 10. The van der Waals surface area contributed by atoms with Gasteiger partial charge in [-0.3, -0.25) is 0 Å². The summed E-state index contributed by atoms with van der Waals surface area (Å²) in [7, 11) is 0. The minimum Gasteiger partial charge on any atom is -0.507 e. The number of ether oxygens (including phenoxy) is 1. The Hall–Kier alpha value is -7.13. The maximum Gasteiger partial charge on any atom is 0.169 e. The summed E-state index contributed by atoms with van der Waals surface area (Å²) >= 11 is 0. The number of nitrogens with one attached hydrogen (secondary N) is 5. The van der Waals surface area contributed by atoms with Crippen LogP contribution in [0.4, 0.5) is 0 Å². The maximum absolute atomic E-state index is 13.3. The molecule has 512 valence electrons. The van der Waals surface area contributed by atoms with Gasteiger partial charge >= 0.3 is 0 Å². The van der Waals surface area contributed by atoms with Crippen LogP contribution in [0.1, 0.15) is 190 Å². The average Bonchev–Trinajstić information content (AvgIpc) is 1.44. The van der Waals surface area contributed by atoms with Crippen LogP contribution in [0.15, 0.2) is 134 Å². The molecule has 13 heteroatoms. The number of imidazole rings is 1. The third kappa shape index (κ3) is 9.93. The van der Waals surface area contributed by atoms with Crippen LogP contribution in [0, 0.1) is 51.8 Å². The summed E-state index contributed by atoms with van der Waals surface area (Å²) in [5.74, 6) is 1.70. The molecule has 5 saturated carbocycles. The molecule has 0 amide bonds. The number of phenols is 5. The summed E-state index contributed by atoms with van der Waals surface area (Å²) in [5, 5.41) is 82.4. The van der Waals surface area contributed by atoms with Crippen LogP contribution in [0.25, 0.3) is 22.9 Å². The quantitative estimate of drug-likeness (QED) is 0.0226. The number of aromatic amines is 2. The number of H-pyrrole nitrogens is 2. The molecular weight excluding hydrogens is 1220 g/mol. The highest BCUT2D eigenvalue weighted by Gasteiger charge is 2.78. The Morgan fingerprint density at radius 2 is 1.55 bits per heavy atom. The molecule has 6 heterocycles. The van der Waals surface area contributed by atoms with Gasteiger partial charge in [-0.2, -0.15) is 0 Å². The Kier molecular flexibility index (Phi) is 15.8. The van der Waals surface area contributed by atoms with E-state index in [1.807, 2.05) is 18.5 Å². The topological polar surface area (TPSA) is 211 Å². The van der Waals surface area contributed by atoms with Crippen molar-refractivity contribution in [2.75, 3.05) is 19.7 Å². The molecule has 2 bridgehead atoms. The predicted octanol–water partition coefficient (Wildman–Crippen LogP) is 15.2. The zero-order valence-electron chi connectivity index (χ0n) is 56.8. The van der Waals surface area contributed by atoms with Crippen molar-refractivity contribution in [2.45, 2.75) is 201 Å². The first-order chi connectivity index (χ1) is 47.9. The van der Waals surface area contributed by atoms with Crippen molar-refractivity contribution in [3.8, 4) is 28.7 Å². The van der Waals surface area contributed by atoms with Crippen LogP contribution in [0.2, 0.25) is 0 Å². The number of phenolic OH excluding ortho intramolecular Hbond substituents is 5. The number of piperidine rings is 2. The van der Waals surface area contributed by atoms with Crippen LogP contribution >= 0.6 is 0 Å². The first kappa shape index (κ1) is 63.1. The van der Waals surface area contributed by atoms with Gasteiger partial charge in [0.25, 0.3) is 0 Å². The second-order valence-corrected chi connectivity index (χ2v) is 32.9. The number of aliphatic hydroxyl groups excluding tert-OH is 1. The molecule has 4 spiro atoms. The largest absolute Gasteiger partial charge is 0.507 e. The minimum atomic E-state index is -0.571. The number of benzene rings is 5. The predicted molar refractivity (Wildman–Crippen MR) is 384 cm³/mol. The maximum atomic E-state index is 13.3. The fourth-order valence-corrected chi connectivity index (χ4v) is 25.0. The summed E-state index contributed by atoms with van der Waals surface area (Å²) in [5.41, 5.74) is 12.5. The zero-order chi connectivity index (χ0) is 66.1. The highest BCUT2D eigenvalue weighted by Crippen LogP contribution is 2.79. The number of hydrogen-bond acceptors (Lipinski definition) is 11. The second kappa shape index (κ2) is 24.6. The van der Waals surface area contributed by atoms with Crippen molar-refractivity contribution >= 4 is 22.9 Å². The first-order valence-electron chi connectivity index (χ1n) is 38.0. The van der Waals surface area contributed by atoms with Gasteiger partial charge in [0.1, 0.15) is 5.75 Å². The van der Waals surface area contributed by atoms with E-state index in [-0.39, 0.29) is 92.0 Å². The van der Waals surface area contributed by atoms with Gasteiger partial charge in [-0.15, -0.1) is 0 Å². The molecule has 11 N–H and O–H groups in total. The fraction of sp³-hybridized carbons (Fsp3) is 0.518. The lowest BCUT2D eigenvalue weighted by atomic mass is 9.31. The van der Waals surface area contributed by atoms with Gasteiger partial charge < -0.3 is 61.3 Å². The third-order valence-electron chi connectivity index (χ3n) is 28.9. The van der Waals surface area contributed by atoms with E-state index in [9.17, 15) is 30.6 Å². The molecule has 8 fully saturated rings. The lowest BCUT2D eigenvalue weighted by Gasteiger charge is -2.75. The minimum absolute atomic E-state index is 0.00155. The van der Waals surface area contributed by atoms with Crippen molar-refractivity contribution in [2.24, 2.45) is 51.8 Å². The van der Waals surface area contributed by atoms with Gasteiger partial charge in [0, 0.05) is 83.9 Å². The van der Waals surface area contributed by atoms with E-state index < -0.39 is 11.5 Å². The van der Waals surface area contributed by atoms with Crippen LogP contribution < -0.4 is 16.0 Å². The van der Waals surface area contributed by atoms with Crippen LogP contribution in [-0.2, 0) is 42.3 Å². The Bertz CT molecular complexity index is 4220. The molecule has 3 saturated heterocycles. The van der Waals surface area contributed by atoms with E-state index in [0.29, 0.717) is 64.5 Å². The smallest absolute Gasteiger partial charge is 0.169 e. The van der Waals surface area contributed by atoms with Gasteiger partial charge in [-0.05, 0) is 242 Å². The lowest BCUT2D eigenvalue weighted by molar-refractivity contribution is -0.217. The van der Waals surface area contributed by atoms with Crippen molar-refractivity contribution in [1.29, 1.82) is 0 Å². The Morgan fingerprint density at radius 3 is 2.40 bits per heavy atom. The summed E-state index contributed by atoms with van der Waals surface area (Å²) < 4.78 is 6.81. The average molecular weight is 1320 g/mol. The summed E-state index contributed by atoms with van der Waals surface area (Å²) in [6.45, 7) is 2.68. The van der Waals surface area contributed by atoms with Crippen LogP contribution in [0.3, 0.4) is 0 Å². The summed E-state index contributed by atoms with van der Waals surface area (Å²) in [6, 6.07) is 30.9. The van der Waals surface area contributed by atoms with E-state index in [1.165, 1.54) is 148 Å². The molecule has 16 atom stereocenters. The number of hydrogen-bond donors (Lipinski definition) is 11. The van der Waals surface area contributed by atoms with Gasteiger partial charge in [-0.1, -0.05) is 135 Å². The van der Waals surface area contributed by atoms with E-state index in [1.54, 1.807) is 23.8 Å². The Labute approximate surface area is 577 Å². The second-order valence-electron chi connectivity index (χ2n) is 32.9. The lowest BCUT2D eigenvalue weighted by Crippen LogP contribution is -2.78. The molecule has 7 aliphatic carbocycles. The van der Waals surface area contributed by atoms with Crippen molar-refractivity contribution < 1.29 is 35.4 Å². The molecule has 16 unspecified atom stereocenters. The zero-order valence-corrected chi connectivity index (χ0v) is 56.8. The number of nitrogens with zero attached hydrogens (tertiary/aromatic N) is 1. The van der Waals surface area contributed by atoms with Crippen molar-refractivity contribution in [1.82, 2.24) is 30.9 Å². The van der Waals surface area contributed by atoms with E-state index >= 15 is 0 Å². The van der Waals surface area contributed by atoms with Crippen molar-refractivity contribution in [3.63, 3.8) is 0 Å². The molecule has 2 aromatic heterocycles. The van der Waals surface area contributed by atoms with Gasteiger partial charge in [-0.25, -0.2) is 4.98 Å².